The molecule has 1 fully saturated rings. The van der Waals surface area contributed by atoms with Crippen LogP contribution in [0.2, 0.25) is 0 Å². The van der Waals surface area contributed by atoms with E-state index >= 15 is 0 Å². The van der Waals surface area contributed by atoms with Gasteiger partial charge in [-0.15, -0.1) is 0 Å². The maximum Gasteiger partial charge on any atom is 0.261 e. The van der Waals surface area contributed by atoms with Crippen LogP contribution in [-0.2, 0) is 4.79 Å². The number of rotatable bonds is 7. The molecule has 156 valence electrons. The summed E-state index contributed by atoms with van der Waals surface area (Å²) in [7, 11) is 0. The third kappa shape index (κ3) is 5.75. The summed E-state index contributed by atoms with van der Waals surface area (Å²) in [6.07, 6.45) is 2.71. The number of amides is 1. The molecule has 0 radical (unpaired) electrons. The van der Waals surface area contributed by atoms with E-state index < -0.39 is 6.10 Å². The van der Waals surface area contributed by atoms with Crippen LogP contribution in [0.1, 0.15) is 57.2 Å². The summed E-state index contributed by atoms with van der Waals surface area (Å²) >= 11 is 0. The zero-order chi connectivity index (χ0) is 20.8. The predicted octanol–water partition coefficient (Wildman–Crippen LogP) is 5.27. The number of ether oxygens (including phenoxy) is 1. The van der Waals surface area contributed by atoms with Gasteiger partial charge >= 0.3 is 0 Å². The quantitative estimate of drug-likeness (QED) is 0.696. The molecule has 2 aromatic carbocycles. The van der Waals surface area contributed by atoms with E-state index in [1.165, 1.54) is 18.5 Å². The number of anilines is 1. The molecule has 1 aliphatic rings. The van der Waals surface area contributed by atoms with Crippen LogP contribution in [0, 0.1) is 12.8 Å². The Kier molecular flexibility index (Phi) is 7.18. The minimum absolute atomic E-state index is 0.0630. The first-order valence-electron chi connectivity index (χ1n) is 10.8. The summed E-state index contributed by atoms with van der Waals surface area (Å²) in [4.78, 5) is 15.2. The molecule has 1 amide bonds. The van der Waals surface area contributed by atoms with E-state index in [1.54, 1.807) is 0 Å². The lowest BCUT2D eigenvalue weighted by Gasteiger charge is -2.33. The number of aryl methyl sites for hydroxylation is 1. The molecule has 0 aliphatic carbocycles. The molecule has 4 heteroatoms. The number of benzene rings is 2. The van der Waals surface area contributed by atoms with Gasteiger partial charge in [-0.2, -0.15) is 0 Å². The normalized spacial score (nSPS) is 18.8. The van der Waals surface area contributed by atoms with E-state index in [4.69, 9.17) is 4.74 Å². The fraction of sp³-hybridized carbons (Fsp3) is 0.480. The highest BCUT2D eigenvalue weighted by Gasteiger charge is 2.21. The SMILES string of the molecule is CC[C@H](Oc1cccc(C)c1)C(=O)N[C@H](C)c1ccc(N2CCC[C@H](C)C2)cc1. The minimum atomic E-state index is -0.492. The zero-order valence-electron chi connectivity index (χ0n) is 18.2. The molecule has 2 aromatic rings. The van der Waals surface area contributed by atoms with Crippen molar-refractivity contribution in [3.05, 3.63) is 59.7 Å². The van der Waals surface area contributed by atoms with Gasteiger partial charge in [-0.05, 0) is 74.4 Å². The van der Waals surface area contributed by atoms with Crippen LogP contribution < -0.4 is 15.0 Å². The van der Waals surface area contributed by atoms with Crippen LogP contribution in [0.3, 0.4) is 0 Å². The number of nitrogens with zero attached hydrogens (tertiary/aromatic N) is 1. The van der Waals surface area contributed by atoms with Crippen LogP contribution in [-0.4, -0.2) is 25.1 Å². The van der Waals surface area contributed by atoms with Gasteiger partial charge in [0.15, 0.2) is 6.10 Å². The number of carbonyl (C=O) groups is 1. The summed E-state index contributed by atoms with van der Waals surface area (Å²) < 4.78 is 5.93. The predicted molar refractivity (Wildman–Crippen MR) is 119 cm³/mol. The molecular weight excluding hydrogens is 360 g/mol. The lowest BCUT2D eigenvalue weighted by Crippen LogP contribution is -2.39. The molecule has 1 aliphatic heterocycles. The molecule has 0 unspecified atom stereocenters. The Morgan fingerprint density at radius 1 is 1.24 bits per heavy atom. The van der Waals surface area contributed by atoms with Crippen LogP contribution in [0.25, 0.3) is 0 Å². The molecule has 1 heterocycles. The van der Waals surface area contributed by atoms with Crippen molar-refractivity contribution < 1.29 is 9.53 Å². The van der Waals surface area contributed by atoms with Crippen LogP contribution in [0.5, 0.6) is 5.75 Å². The number of hydrogen-bond donors (Lipinski definition) is 1. The molecule has 29 heavy (non-hydrogen) atoms. The van der Waals surface area contributed by atoms with E-state index in [-0.39, 0.29) is 11.9 Å². The number of piperidine rings is 1. The molecule has 3 rings (SSSR count). The van der Waals surface area contributed by atoms with E-state index in [0.717, 1.165) is 35.9 Å². The molecule has 0 aromatic heterocycles. The highest BCUT2D eigenvalue weighted by atomic mass is 16.5. The van der Waals surface area contributed by atoms with E-state index in [0.29, 0.717) is 6.42 Å². The largest absolute Gasteiger partial charge is 0.481 e. The molecular formula is C25H34N2O2. The molecule has 0 bridgehead atoms. The summed E-state index contributed by atoms with van der Waals surface area (Å²) in [5, 5.41) is 3.11. The van der Waals surface area contributed by atoms with Crippen molar-refractivity contribution in [1.82, 2.24) is 5.32 Å². The Bertz CT molecular complexity index is 803. The second-order valence-corrected chi connectivity index (χ2v) is 8.35. The van der Waals surface area contributed by atoms with Gasteiger partial charge in [-0.25, -0.2) is 0 Å². The van der Waals surface area contributed by atoms with E-state index in [2.05, 4.69) is 41.4 Å². The van der Waals surface area contributed by atoms with Crippen molar-refractivity contribution in [3.8, 4) is 5.75 Å². The first-order valence-corrected chi connectivity index (χ1v) is 10.8. The lowest BCUT2D eigenvalue weighted by molar-refractivity contribution is -0.128. The number of hydrogen-bond acceptors (Lipinski definition) is 3. The Morgan fingerprint density at radius 3 is 2.66 bits per heavy atom. The summed E-state index contributed by atoms with van der Waals surface area (Å²) in [5.41, 5.74) is 3.50. The van der Waals surface area contributed by atoms with Crippen molar-refractivity contribution in [2.45, 2.75) is 59.1 Å². The highest BCUT2D eigenvalue weighted by molar-refractivity contribution is 5.81. The Morgan fingerprint density at radius 2 is 2.00 bits per heavy atom. The van der Waals surface area contributed by atoms with Gasteiger partial charge < -0.3 is 15.0 Å². The maximum absolute atomic E-state index is 12.8. The van der Waals surface area contributed by atoms with Crippen molar-refractivity contribution in [2.24, 2.45) is 5.92 Å². The van der Waals surface area contributed by atoms with Gasteiger partial charge in [0.25, 0.3) is 5.91 Å². The fourth-order valence-corrected chi connectivity index (χ4v) is 3.96. The van der Waals surface area contributed by atoms with E-state index in [1.807, 2.05) is 45.0 Å². The van der Waals surface area contributed by atoms with Crippen molar-refractivity contribution in [2.75, 3.05) is 18.0 Å². The number of carbonyl (C=O) groups excluding carboxylic acids is 1. The molecule has 0 saturated carbocycles. The fourth-order valence-electron chi connectivity index (χ4n) is 3.96. The van der Waals surface area contributed by atoms with Gasteiger partial charge in [-0.3, -0.25) is 4.79 Å². The highest BCUT2D eigenvalue weighted by Crippen LogP contribution is 2.25. The molecule has 1 saturated heterocycles. The number of nitrogens with one attached hydrogen (secondary N) is 1. The van der Waals surface area contributed by atoms with Gasteiger partial charge in [0.05, 0.1) is 6.04 Å². The standard InChI is InChI=1S/C25H34N2O2/c1-5-24(29-23-10-6-8-18(2)16-23)25(28)26-20(4)21-11-13-22(14-12-21)27-15-7-9-19(3)17-27/h6,8,10-14,16,19-20,24H,5,7,9,15,17H2,1-4H3,(H,26,28)/t19-,20+,24-/m0/s1. The lowest BCUT2D eigenvalue weighted by atomic mass is 9.99. The maximum atomic E-state index is 12.8. The third-order valence-electron chi connectivity index (χ3n) is 5.71. The smallest absolute Gasteiger partial charge is 0.261 e. The summed E-state index contributed by atoms with van der Waals surface area (Å²) in [5.74, 6) is 1.41. The Labute approximate surface area is 175 Å². The van der Waals surface area contributed by atoms with E-state index in [9.17, 15) is 4.79 Å². The molecule has 0 spiro atoms. The Balaban J connectivity index is 1.59. The molecule has 1 N–H and O–H groups in total. The topological polar surface area (TPSA) is 41.6 Å². The van der Waals surface area contributed by atoms with Crippen LogP contribution in [0.15, 0.2) is 48.5 Å². The third-order valence-corrected chi connectivity index (χ3v) is 5.71. The van der Waals surface area contributed by atoms with Gasteiger partial charge in [0.2, 0.25) is 0 Å². The molecule has 3 atom stereocenters. The molecule has 4 nitrogen and oxygen atoms in total. The average molecular weight is 395 g/mol. The van der Waals surface area contributed by atoms with Gasteiger partial charge in [0.1, 0.15) is 5.75 Å². The minimum Gasteiger partial charge on any atom is -0.481 e. The first kappa shape index (κ1) is 21.2. The second-order valence-electron chi connectivity index (χ2n) is 8.35. The van der Waals surface area contributed by atoms with Crippen molar-refractivity contribution in [3.63, 3.8) is 0 Å². The van der Waals surface area contributed by atoms with Gasteiger partial charge in [-0.1, -0.05) is 38.1 Å². The van der Waals surface area contributed by atoms with Crippen LogP contribution >= 0.6 is 0 Å². The zero-order valence-corrected chi connectivity index (χ0v) is 18.2. The van der Waals surface area contributed by atoms with Gasteiger partial charge in [0, 0.05) is 18.8 Å². The first-order chi connectivity index (χ1) is 14.0. The van der Waals surface area contributed by atoms with Crippen molar-refractivity contribution >= 4 is 11.6 Å². The van der Waals surface area contributed by atoms with Crippen LogP contribution in [0.4, 0.5) is 5.69 Å². The summed E-state index contributed by atoms with van der Waals surface area (Å²) in [6.45, 7) is 10.6. The average Bonchev–Trinajstić information content (AvgIpc) is 2.72. The monoisotopic (exact) mass is 394 g/mol. The van der Waals surface area contributed by atoms with Crippen molar-refractivity contribution in [1.29, 1.82) is 0 Å². The summed E-state index contributed by atoms with van der Waals surface area (Å²) in [6, 6.07) is 16.4. The Hall–Kier alpha value is -2.49. The second kappa shape index (κ2) is 9.82.